The molecule has 0 fully saturated rings. The van der Waals surface area contributed by atoms with E-state index in [2.05, 4.69) is 10.3 Å². The second kappa shape index (κ2) is 11.2. The van der Waals surface area contributed by atoms with Gasteiger partial charge in [-0.3, -0.25) is 19.3 Å². The first-order chi connectivity index (χ1) is 15.5. The van der Waals surface area contributed by atoms with Gasteiger partial charge in [-0.15, -0.1) is 0 Å². The minimum Gasteiger partial charge on any atom is -0.370 e. The molecule has 0 spiro atoms. The number of halogens is 2. The van der Waals surface area contributed by atoms with E-state index in [-0.39, 0.29) is 18.9 Å². The molecule has 1 aromatic carbocycles. The molecule has 0 bridgehead atoms. The van der Waals surface area contributed by atoms with E-state index in [9.17, 15) is 31.6 Å². The molecule has 1 aromatic heterocycles. The Hall–Kier alpha value is -3.81. The highest BCUT2D eigenvalue weighted by molar-refractivity contribution is 7.92. The molecule has 14 heteroatoms. The van der Waals surface area contributed by atoms with Crippen LogP contribution in [-0.2, 0) is 26.2 Å². The summed E-state index contributed by atoms with van der Waals surface area (Å²) >= 11 is 0. The number of amides is 1. The summed E-state index contributed by atoms with van der Waals surface area (Å²) in [4.78, 5) is 38.5. The van der Waals surface area contributed by atoms with Crippen molar-refractivity contribution in [2.45, 2.75) is 30.3 Å². The average molecular weight is 484 g/mol. The van der Waals surface area contributed by atoms with E-state index in [0.29, 0.717) is 12.7 Å². The summed E-state index contributed by atoms with van der Waals surface area (Å²) in [6.45, 7) is -0.284. The summed E-state index contributed by atoms with van der Waals surface area (Å²) < 4.78 is 55.2. The lowest BCUT2D eigenvalue weighted by Crippen LogP contribution is -2.40. The Morgan fingerprint density at radius 1 is 1.18 bits per heavy atom. The minimum absolute atomic E-state index is 0.102. The first-order valence-corrected chi connectivity index (χ1v) is 11.0. The van der Waals surface area contributed by atoms with Crippen LogP contribution in [-0.4, -0.2) is 43.7 Å². The summed E-state index contributed by atoms with van der Waals surface area (Å²) in [7, 11) is -4.77. The van der Waals surface area contributed by atoms with E-state index in [1.165, 1.54) is 12.3 Å². The van der Waals surface area contributed by atoms with Crippen LogP contribution in [0.25, 0.3) is 0 Å². The fourth-order valence-electron chi connectivity index (χ4n) is 2.77. The van der Waals surface area contributed by atoms with Gasteiger partial charge in [-0.1, -0.05) is 6.07 Å². The monoisotopic (exact) mass is 484 g/mol. The Kier molecular flexibility index (Phi) is 8.62. The lowest BCUT2D eigenvalue weighted by molar-refractivity contribution is -0.124. The number of carbonyl (C=O) groups is 2. The summed E-state index contributed by atoms with van der Waals surface area (Å²) in [5.41, 5.74) is 8.92. The van der Waals surface area contributed by atoms with Crippen molar-refractivity contribution in [3.63, 3.8) is 0 Å². The van der Waals surface area contributed by atoms with Crippen molar-refractivity contribution in [1.29, 1.82) is 0 Å². The Labute approximate surface area is 187 Å². The Morgan fingerprint density at radius 3 is 2.45 bits per heavy atom. The van der Waals surface area contributed by atoms with Crippen LogP contribution in [0.15, 0.2) is 51.2 Å². The van der Waals surface area contributed by atoms with E-state index in [1.807, 2.05) is 4.72 Å². The van der Waals surface area contributed by atoms with E-state index >= 15 is 0 Å². The quantitative estimate of drug-likeness (QED) is 0.146. The van der Waals surface area contributed by atoms with Gasteiger partial charge in [0.25, 0.3) is 15.6 Å². The third-order valence-electron chi connectivity index (χ3n) is 4.24. The molecule has 6 N–H and O–H groups in total. The molecule has 0 aliphatic heterocycles. The van der Waals surface area contributed by atoms with E-state index < -0.39 is 56.3 Å². The molecule has 1 heterocycles. The van der Waals surface area contributed by atoms with Crippen LogP contribution in [0.4, 0.5) is 14.5 Å². The zero-order chi connectivity index (χ0) is 24.6. The van der Waals surface area contributed by atoms with Crippen LogP contribution in [0.1, 0.15) is 12.8 Å². The van der Waals surface area contributed by atoms with Crippen molar-refractivity contribution in [2.24, 2.45) is 16.5 Å². The normalized spacial score (nSPS) is 11.9. The molecular formula is C19H22F2N6O5S. The number of nitrogens with one attached hydrogen (secondary N) is 2. The molecule has 0 saturated heterocycles. The highest BCUT2D eigenvalue weighted by Gasteiger charge is 2.25. The molecule has 0 radical (unpaired) electrons. The van der Waals surface area contributed by atoms with Crippen molar-refractivity contribution in [3.8, 4) is 0 Å². The van der Waals surface area contributed by atoms with E-state index in [1.54, 1.807) is 0 Å². The number of benzene rings is 1. The molecule has 1 amide bonds. The maximum Gasteiger partial charge on any atom is 0.275 e. The number of guanidine groups is 1. The number of aromatic nitrogens is 1. The van der Waals surface area contributed by atoms with Crippen molar-refractivity contribution in [3.05, 3.63) is 58.5 Å². The van der Waals surface area contributed by atoms with Gasteiger partial charge in [-0.05, 0) is 37.1 Å². The maximum absolute atomic E-state index is 13.9. The molecule has 2 aromatic rings. The molecule has 1 atom stereocenters. The topological polar surface area (TPSA) is 179 Å². The van der Waals surface area contributed by atoms with Crippen LogP contribution in [0, 0.1) is 11.6 Å². The smallest absolute Gasteiger partial charge is 0.275 e. The first-order valence-electron chi connectivity index (χ1n) is 9.51. The molecule has 0 saturated carbocycles. The van der Waals surface area contributed by atoms with Crippen LogP contribution in [0.3, 0.4) is 0 Å². The number of aldehydes is 1. The van der Waals surface area contributed by atoms with Gasteiger partial charge in [-0.2, -0.15) is 0 Å². The predicted molar refractivity (Wildman–Crippen MR) is 116 cm³/mol. The zero-order valence-electron chi connectivity index (χ0n) is 17.2. The maximum atomic E-state index is 13.9. The number of pyridine rings is 1. The summed E-state index contributed by atoms with van der Waals surface area (Å²) in [6, 6.07) is 3.98. The lowest BCUT2D eigenvalue weighted by Gasteiger charge is -2.14. The minimum atomic E-state index is -4.77. The molecule has 178 valence electrons. The SMILES string of the molecule is NC(N)=NCCCC(C=O)NC(=O)Cn1cccc(NS(=O)(=O)c2c(F)cccc2F)c1=O. The van der Waals surface area contributed by atoms with Crippen LogP contribution >= 0.6 is 0 Å². The molecule has 1 unspecified atom stereocenters. The molecule has 0 aliphatic carbocycles. The number of aliphatic imine (C=N–C) groups is 1. The molecular weight excluding hydrogens is 462 g/mol. The number of hydrogen-bond acceptors (Lipinski definition) is 6. The van der Waals surface area contributed by atoms with Gasteiger partial charge in [0.2, 0.25) is 5.91 Å². The van der Waals surface area contributed by atoms with Crippen molar-refractivity contribution in [1.82, 2.24) is 9.88 Å². The Balaban J connectivity index is 2.12. The number of nitrogens with zero attached hydrogens (tertiary/aromatic N) is 2. The molecule has 0 aliphatic rings. The highest BCUT2D eigenvalue weighted by Crippen LogP contribution is 2.20. The average Bonchev–Trinajstić information content (AvgIpc) is 2.72. The second-order valence-electron chi connectivity index (χ2n) is 6.77. The van der Waals surface area contributed by atoms with Crippen LogP contribution in [0.2, 0.25) is 0 Å². The molecule has 33 heavy (non-hydrogen) atoms. The van der Waals surface area contributed by atoms with Gasteiger partial charge in [0.05, 0.1) is 6.04 Å². The Morgan fingerprint density at radius 2 is 1.85 bits per heavy atom. The largest absolute Gasteiger partial charge is 0.370 e. The fourth-order valence-corrected chi connectivity index (χ4v) is 3.97. The summed E-state index contributed by atoms with van der Waals surface area (Å²) in [6.07, 6.45) is 2.38. The predicted octanol–water partition coefficient (Wildman–Crippen LogP) is -0.335. The summed E-state index contributed by atoms with van der Waals surface area (Å²) in [5, 5.41) is 2.42. The molecule has 11 nitrogen and oxygen atoms in total. The number of rotatable bonds is 11. The van der Waals surface area contributed by atoms with Gasteiger partial charge in [0.1, 0.15) is 30.2 Å². The molecule has 2 rings (SSSR count). The fraction of sp³-hybridized carbons (Fsp3) is 0.263. The van der Waals surface area contributed by atoms with Gasteiger partial charge >= 0.3 is 0 Å². The third-order valence-corrected chi connectivity index (χ3v) is 5.66. The number of sulfonamides is 1. The number of nitrogens with two attached hydrogens (primary N) is 2. The van der Waals surface area contributed by atoms with Crippen LogP contribution in [0.5, 0.6) is 0 Å². The third kappa shape index (κ3) is 7.10. The highest BCUT2D eigenvalue weighted by atomic mass is 32.2. The van der Waals surface area contributed by atoms with Gasteiger partial charge in [0.15, 0.2) is 10.9 Å². The van der Waals surface area contributed by atoms with Gasteiger partial charge < -0.3 is 26.1 Å². The zero-order valence-corrected chi connectivity index (χ0v) is 18.0. The van der Waals surface area contributed by atoms with Gasteiger partial charge in [0, 0.05) is 12.7 Å². The number of anilines is 1. The number of carbonyl (C=O) groups excluding carboxylic acids is 2. The van der Waals surface area contributed by atoms with E-state index in [0.717, 1.165) is 28.8 Å². The van der Waals surface area contributed by atoms with E-state index in [4.69, 9.17) is 11.5 Å². The summed E-state index contributed by atoms with van der Waals surface area (Å²) in [5.74, 6) is -3.47. The van der Waals surface area contributed by atoms with Gasteiger partial charge in [-0.25, -0.2) is 17.2 Å². The van der Waals surface area contributed by atoms with Crippen molar-refractivity contribution in [2.75, 3.05) is 11.3 Å². The number of hydrogen-bond donors (Lipinski definition) is 4. The van der Waals surface area contributed by atoms with Crippen molar-refractivity contribution >= 4 is 33.9 Å². The first kappa shape index (κ1) is 25.5. The van der Waals surface area contributed by atoms with Crippen molar-refractivity contribution < 1.29 is 26.8 Å². The standard InChI is InChI=1S/C19H22F2N6O5S/c20-13-5-1-6-14(21)17(13)33(31,32)26-15-7-3-9-27(18(15)30)10-16(29)25-12(11-28)4-2-8-24-19(22)23/h1,3,5-7,9,11-12,26H,2,4,8,10H2,(H,25,29)(H4,22,23,24). The van der Waals surface area contributed by atoms with Crippen LogP contribution < -0.4 is 27.1 Å². The Bertz CT molecular complexity index is 1190. The lowest BCUT2D eigenvalue weighted by atomic mass is 10.2. The second-order valence-corrected chi connectivity index (χ2v) is 8.39.